The summed E-state index contributed by atoms with van der Waals surface area (Å²) in [5.41, 5.74) is 4.15. The van der Waals surface area contributed by atoms with Crippen molar-refractivity contribution in [1.29, 1.82) is 0 Å². The molecule has 0 aliphatic heterocycles. The van der Waals surface area contributed by atoms with Crippen LogP contribution < -0.4 is 0 Å². The van der Waals surface area contributed by atoms with Crippen LogP contribution in [0.1, 0.15) is 17.0 Å². The van der Waals surface area contributed by atoms with Gasteiger partial charge < -0.3 is 4.52 Å². The number of aromatic nitrogens is 6. The van der Waals surface area contributed by atoms with Crippen molar-refractivity contribution in [2.24, 2.45) is 0 Å². The van der Waals surface area contributed by atoms with Crippen molar-refractivity contribution in [3.8, 4) is 17.1 Å². The Bertz CT molecular complexity index is 1030. The van der Waals surface area contributed by atoms with Crippen LogP contribution in [-0.4, -0.2) is 30.3 Å². The predicted octanol–water partition coefficient (Wildman–Crippen LogP) is 3.62. The standard InChI is InChI=1S/C18H16N6OS/c1-12-8-9-13(2)15(10-12)24-18(20-22-23-24)26-11-16-19-17(21-25-16)14-6-4-3-5-7-14/h3-10H,11H2,1-2H3. The van der Waals surface area contributed by atoms with Crippen LogP contribution in [0.4, 0.5) is 0 Å². The minimum Gasteiger partial charge on any atom is -0.338 e. The summed E-state index contributed by atoms with van der Waals surface area (Å²) in [6.07, 6.45) is 0. The van der Waals surface area contributed by atoms with Gasteiger partial charge in [-0.3, -0.25) is 0 Å². The summed E-state index contributed by atoms with van der Waals surface area (Å²) >= 11 is 1.46. The number of rotatable bonds is 5. The normalized spacial score (nSPS) is 11.0. The van der Waals surface area contributed by atoms with Crippen molar-refractivity contribution in [2.75, 3.05) is 0 Å². The molecule has 0 aliphatic rings. The topological polar surface area (TPSA) is 82.5 Å². The number of hydrogen-bond donors (Lipinski definition) is 0. The number of nitrogens with zero attached hydrogens (tertiary/aromatic N) is 6. The third kappa shape index (κ3) is 3.36. The quantitative estimate of drug-likeness (QED) is 0.500. The highest BCUT2D eigenvalue weighted by Gasteiger charge is 2.14. The molecule has 0 aliphatic carbocycles. The van der Waals surface area contributed by atoms with E-state index in [1.807, 2.05) is 44.2 Å². The number of hydrogen-bond acceptors (Lipinski definition) is 7. The van der Waals surface area contributed by atoms with Gasteiger partial charge in [-0.2, -0.15) is 9.67 Å². The number of aryl methyl sites for hydroxylation is 2. The highest BCUT2D eigenvalue weighted by atomic mass is 32.2. The van der Waals surface area contributed by atoms with Crippen LogP contribution in [-0.2, 0) is 5.75 Å². The summed E-state index contributed by atoms with van der Waals surface area (Å²) in [6, 6.07) is 15.9. The van der Waals surface area contributed by atoms with Crippen LogP contribution in [0.3, 0.4) is 0 Å². The van der Waals surface area contributed by atoms with Gasteiger partial charge in [0.1, 0.15) is 0 Å². The molecule has 0 bridgehead atoms. The number of thioether (sulfide) groups is 1. The minimum atomic E-state index is 0.491. The first-order chi connectivity index (χ1) is 12.7. The maximum absolute atomic E-state index is 5.35. The van der Waals surface area contributed by atoms with Gasteiger partial charge in [-0.15, -0.1) is 5.10 Å². The second kappa shape index (κ2) is 7.09. The second-order valence-corrected chi connectivity index (χ2v) is 6.77. The van der Waals surface area contributed by atoms with Gasteiger partial charge in [0.05, 0.1) is 11.4 Å². The Morgan fingerprint density at radius 2 is 1.92 bits per heavy atom. The first-order valence-electron chi connectivity index (χ1n) is 8.07. The molecule has 0 unspecified atom stereocenters. The van der Waals surface area contributed by atoms with Crippen molar-refractivity contribution in [2.45, 2.75) is 24.8 Å². The lowest BCUT2D eigenvalue weighted by Gasteiger charge is -2.07. The molecule has 130 valence electrons. The third-order valence-electron chi connectivity index (χ3n) is 3.86. The Labute approximate surface area is 154 Å². The minimum absolute atomic E-state index is 0.491. The molecule has 0 radical (unpaired) electrons. The van der Waals surface area contributed by atoms with Gasteiger partial charge in [-0.05, 0) is 41.5 Å². The lowest BCUT2D eigenvalue weighted by Crippen LogP contribution is -2.02. The molecule has 2 aromatic carbocycles. The molecule has 8 heteroatoms. The third-order valence-corrected chi connectivity index (χ3v) is 4.76. The monoisotopic (exact) mass is 364 g/mol. The van der Waals surface area contributed by atoms with E-state index in [-0.39, 0.29) is 0 Å². The highest BCUT2D eigenvalue weighted by molar-refractivity contribution is 7.98. The van der Waals surface area contributed by atoms with E-state index in [1.54, 1.807) is 4.68 Å². The van der Waals surface area contributed by atoms with Gasteiger partial charge in [-0.25, -0.2) is 0 Å². The average molecular weight is 364 g/mol. The average Bonchev–Trinajstić information content (AvgIpc) is 3.32. The molecule has 2 heterocycles. The zero-order chi connectivity index (χ0) is 17.9. The SMILES string of the molecule is Cc1ccc(C)c(-n2nnnc2SCc2nc(-c3ccccc3)no2)c1. The predicted molar refractivity (Wildman–Crippen MR) is 97.9 cm³/mol. The lowest BCUT2D eigenvalue weighted by molar-refractivity contribution is 0.391. The summed E-state index contributed by atoms with van der Waals surface area (Å²) < 4.78 is 7.08. The number of benzene rings is 2. The van der Waals surface area contributed by atoms with E-state index in [1.165, 1.54) is 11.8 Å². The van der Waals surface area contributed by atoms with Crippen molar-refractivity contribution < 1.29 is 4.52 Å². The van der Waals surface area contributed by atoms with Crippen LogP contribution in [0, 0.1) is 13.8 Å². The van der Waals surface area contributed by atoms with E-state index < -0.39 is 0 Å². The molecule has 26 heavy (non-hydrogen) atoms. The van der Waals surface area contributed by atoms with Gasteiger partial charge >= 0.3 is 0 Å². The zero-order valence-corrected chi connectivity index (χ0v) is 15.1. The molecule has 0 saturated carbocycles. The molecule has 0 spiro atoms. The first-order valence-corrected chi connectivity index (χ1v) is 9.06. The van der Waals surface area contributed by atoms with Crippen molar-refractivity contribution >= 4 is 11.8 Å². The summed E-state index contributed by atoms with van der Waals surface area (Å²) in [5.74, 6) is 1.60. The molecular weight excluding hydrogens is 348 g/mol. The molecule has 0 fully saturated rings. The molecule has 4 rings (SSSR count). The zero-order valence-electron chi connectivity index (χ0n) is 14.3. The van der Waals surface area contributed by atoms with E-state index in [9.17, 15) is 0 Å². The summed E-state index contributed by atoms with van der Waals surface area (Å²) in [5, 5.41) is 16.8. The maximum atomic E-state index is 5.35. The van der Waals surface area contributed by atoms with Crippen LogP contribution in [0.25, 0.3) is 17.1 Å². The van der Waals surface area contributed by atoms with E-state index in [4.69, 9.17) is 4.52 Å². The van der Waals surface area contributed by atoms with E-state index in [2.05, 4.69) is 43.9 Å². The Morgan fingerprint density at radius 3 is 2.77 bits per heavy atom. The molecule has 0 amide bonds. The Kier molecular flexibility index (Phi) is 4.49. The van der Waals surface area contributed by atoms with Crippen molar-refractivity contribution in [1.82, 2.24) is 30.3 Å². The van der Waals surface area contributed by atoms with Crippen LogP contribution in [0.2, 0.25) is 0 Å². The maximum Gasteiger partial charge on any atom is 0.237 e. The van der Waals surface area contributed by atoms with Crippen molar-refractivity contribution in [3.63, 3.8) is 0 Å². The van der Waals surface area contributed by atoms with Gasteiger partial charge in [0.15, 0.2) is 0 Å². The fourth-order valence-electron chi connectivity index (χ4n) is 2.51. The molecule has 0 saturated heterocycles. The molecule has 7 nitrogen and oxygen atoms in total. The smallest absolute Gasteiger partial charge is 0.237 e. The van der Waals surface area contributed by atoms with E-state index in [0.29, 0.717) is 22.6 Å². The van der Waals surface area contributed by atoms with E-state index in [0.717, 1.165) is 22.4 Å². The Hall–Kier alpha value is -3.00. The van der Waals surface area contributed by atoms with Gasteiger partial charge in [-0.1, -0.05) is 59.4 Å². The van der Waals surface area contributed by atoms with Crippen LogP contribution in [0.15, 0.2) is 58.2 Å². The van der Waals surface area contributed by atoms with Crippen molar-refractivity contribution in [3.05, 3.63) is 65.5 Å². The molecule has 0 atom stereocenters. The van der Waals surface area contributed by atoms with Crippen LogP contribution >= 0.6 is 11.8 Å². The van der Waals surface area contributed by atoms with Gasteiger partial charge in [0.2, 0.25) is 16.9 Å². The largest absolute Gasteiger partial charge is 0.338 e. The lowest BCUT2D eigenvalue weighted by atomic mass is 10.1. The Balaban J connectivity index is 1.52. The van der Waals surface area contributed by atoms with Gasteiger partial charge in [0, 0.05) is 5.56 Å². The summed E-state index contributed by atoms with van der Waals surface area (Å²) in [6.45, 7) is 4.08. The van der Waals surface area contributed by atoms with E-state index >= 15 is 0 Å². The first kappa shape index (κ1) is 16.5. The van der Waals surface area contributed by atoms with Gasteiger partial charge in [0.25, 0.3) is 0 Å². The molecule has 4 aromatic rings. The molecule has 0 N–H and O–H groups in total. The molecule has 2 aromatic heterocycles. The fourth-order valence-corrected chi connectivity index (χ4v) is 3.23. The highest BCUT2D eigenvalue weighted by Crippen LogP contribution is 2.25. The van der Waals surface area contributed by atoms with Crippen LogP contribution in [0.5, 0.6) is 0 Å². The fraction of sp³-hybridized carbons (Fsp3) is 0.167. The summed E-state index contributed by atoms with van der Waals surface area (Å²) in [4.78, 5) is 4.44. The molecular formula is C18H16N6OS. The second-order valence-electron chi connectivity index (χ2n) is 5.83. The summed E-state index contributed by atoms with van der Waals surface area (Å²) in [7, 11) is 0. The number of tetrazole rings is 1. The Morgan fingerprint density at radius 1 is 1.08 bits per heavy atom.